The molecule has 0 aromatic heterocycles. The molecule has 1 amide bonds. The summed E-state index contributed by atoms with van der Waals surface area (Å²) >= 11 is 0. The predicted molar refractivity (Wildman–Crippen MR) is 56.8 cm³/mol. The van der Waals surface area contributed by atoms with E-state index in [-0.39, 0.29) is 5.91 Å². The highest BCUT2D eigenvalue weighted by molar-refractivity contribution is 5.77. The smallest absolute Gasteiger partial charge is 0.233 e. The molecule has 0 unspecified atom stereocenters. The lowest BCUT2D eigenvalue weighted by Crippen LogP contribution is -2.32. The molecule has 0 saturated carbocycles. The van der Waals surface area contributed by atoms with Crippen LogP contribution in [0.15, 0.2) is 30.3 Å². The molecule has 3 heteroatoms. The maximum atomic E-state index is 11.1. The lowest BCUT2D eigenvalue weighted by molar-refractivity contribution is -0.121. The van der Waals surface area contributed by atoms with Crippen molar-refractivity contribution in [3.8, 4) is 0 Å². The summed E-state index contributed by atoms with van der Waals surface area (Å²) in [5.74, 6) is 0.0448. The second-order valence-electron chi connectivity index (χ2n) is 3.33. The van der Waals surface area contributed by atoms with Crippen LogP contribution in [-0.2, 0) is 11.3 Å². The third-order valence-corrected chi connectivity index (χ3v) is 1.99. The minimum absolute atomic E-state index is 0.0448. The maximum Gasteiger partial charge on any atom is 0.233 e. The van der Waals surface area contributed by atoms with E-state index in [2.05, 4.69) is 17.4 Å². The van der Waals surface area contributed by atoms with Crippen molar-refractivity contribution in [1.82, 2.24) is 10.2 Å². The number of benzene rings is 1. The van der Waals surface area contributed by atoms with Crippen LogP contribution in [0.1, 0.15) is 5.56 Å². The van der Waals surface area contributed by atoms with Crippen molar-refractivity contribution < 1.29 is 4.79 Å². The van der Waals surface area contributed by atoms with E-state index in [1.54, 1.807) is 7.05 Å². The molecular weight excluding hydrogens is 176 g/mol. The van der Waals surface area contributed by atoms with Gasteiger partial charge in [0.15, 0.2) is 0 Å². The lowest BCUT2D eigenvalue weighted by atomic mass is 10.2. The molecular formula is C11H16N2O. The Morgan fingerprint density at radius 3 is 2.57 bits per heavy atom. The second kappa shape index (κ2) is 5.40. The summed E-state index contributed by atoms with van der Waals surface area (Å²) in [4.78, 5) is 13.0. The molecule has 1 N–H and O–H groups in total. The van der Waals surface area contributed by atoms with Crippen molar-refractivity contribution in [2.24, 2.45) is 0 Å². The molecule has 0 bridgehead atoms. The summed E-state index contributed by atoms with van der Waals surface area (Å²) < 4.78 is 0. The van der Waals surface area contributed by atoms with E-state index in [4.69, 9.17) is 0 Å². The zero-order valence-electron chi connectivity index (χ0n) is 8.66. The number of likely N-dealkylation sites (N-methyl/N-ethyl adjacent to an activating group) is 2. The van der Waals surface area contributed by atoms with Crippen LogP contribution in [0.3, 0.4) is 0 Å². The Kier molecular flexibility index (Phi) is 4.13. The average molecular weight is 192 g/mol. The average Bonchev–Trinajstić information content (AvgIpc) is 2.19. The summed E-state index contributed by atoms with van der Waals surface area (Å²) in [7, 11) is 3.58. The first-order valence-electron chi connectivity index (χ1n) is 4.65. The molecule has 1 aromatic carbocycles. The number of nitrogens with one attached hydrogen (secondary N) is 1. The highest BCUT2D eigenvalue weighted by Crippen LogP contribution is 2.01. The van der Waals surface area contributed by atoms with Gasteiger partial charge in [-0.3, -0.25) is 9.69 Å². The molecule has 1 rings (SSSR count). The Labute approximate surface area is 84.7 Å². The van der Waals surface area contributed by atoms with Gasteiger partial charge in [0.05, 0.1) is 6.54 Å². The van der Waals surface area contributed by atoms with Gasteiger partial charge in [-0.15, -0.1) is 0 Å². The summed E-state index contributed by atoms with van der Waals surface area (Å²) in [5.41, 5.74) is 1.22. The standard InChI is InChI=1S/C11H16N2O/c1-12-11(14)9-13(2)8-10-6-4-3-5-7-10/h3-7H,8-9H2,1-2H3,(H,12,14). The highest BCUT2D eigenvalue weighted by atomic mass is 16.1. The van der Waals surface area contributed by atoms with Crippen LogP contribution in [0.25, 0.3) is 0 Å². The quantitative estimate of drug-likeness (QED) is 0.767. The summed E-state index contributed by atoms with van der Waals surface area (Å²) in [6.07, 6.45) is 0. The Morgan fingerprint density at radius 2 is 2.00 bits per heavy atom. The number of rotatable bonds is 4. The van der Waals surface area contributed by atoms with Crippen molar-refractivity contribution in [2.75, 3.05) is 20.6 Å². The van der Waals surface area contributed by atoms with Gasteiger partial charge in [0.25, 0.3) is 0 Å². The van der Waals surface area contributed by atoms with Gasteiger partial charge in [0, 0.05) is 13.6 Å². The van der Waals surface area contributed by atoms with Gasteiger partial charge >= 0.3 is 0 Å². The van der Waals surface area contributed by atoms with E-state index in [0.29, 0.717) is 6.54 Å². The van der Waals surface area contributed by atoms with E-state index in [0.717, 1.165) is 6.54 Å². The molecule has 0 heterocycles. The highest BCUT2D eigenvalue weighted by Gasteiger charge is 2.04. The predicted octanol–water partition coefficient (Wildman–Crippen LogP) is 0.864. The number of hydrogen-bond acceptors (Lipinski definition) is 2. The number of carbonyl (C=O) groups is 1. The lowest BCUT2D eigenvalue weighted by Gasteiger charge is -2.15. The molecule has 0 atom stereocenters. The van der Waals surface area contributed by atoms with E-state index >= 15 is 0 Å². The molecule has 0 aliphatic rings. The molecule has 0 radical (unpaired) electrons. The first kappa shape index (κ1) is 10.7. The summed E-state index contributed by atoms with van der Waals surface area (Å²) in [6.45, 7) is 1.24. The molecule has 3 nitrogen and oxygen atoms in total. The third-order valence-electron chi connectivity index (χ3n) is 1.99. The Morgan fingerprint density at radius 1 is 1.36 bits per heavy atom. The van der Waals surface area contributed by atoms with Crippen LogP contribution < -0.4 is 5.32 Å². The van der Waals surface area contributed by atoms with Crippen LogP contribution in [0, 0.1) is 0 Å². The zero-order valence-corrected chi connectivity index (χ0v) is 8.66. The number of amides is 1. The Balaban J connectivity index is 2.41. The number of nitrogens with zero attached hydrogens (tertiary/aromatic N) is 1. The Hall–Kier alpha value is -1.35. The molecule has 76 valence electrons. The minimum atomic E-state index is 0.0448. The van der Waals surface area contributed by atoms with Crippen molar-refractivity contribution in [2.45, 2.75) is 6.54 Å². The molecule has 14 heavy (non-hydrogen) atoms. The fraction of sp³-hybridized carbons (Fsp3) is 0.364. The fourth-order valence-electron chi connectivity index (χ4n) is 1.28. The van der Waals surface area contributed by atoms with Gasteiger partial charge in [-0.05, 0) is 12.6 Å². The van der Waals surface area contributed by atoms with E-state index in [1.807, 2.05) is 30.1 Å². The minimum Gasteiger partial charge on any atom is -0.358 e. The van der Waals surface area contributed by atoms with Crippen molar-refractivity contribution in [3.63, 3.8) is 0 Å². The van der Waals surface area contributed by atoms with Crippen LogP contribution in [0.4, 0.5) is 0 Å². The molecule has 0 saturated heterocycles. The van der Waals surface area contributed by atoms with Gasteiger partial charge in [0.2, 0.25) is 5.91 Å². The van der Waals surface area contributed by atoms with Crippen molar-refractivity contribution >= 4 is 5.91 Å². The maximum absolute atomic E-state index is 11.1. The summed E-state index contributed by atoms with van der Waals surface area (Å²) in [6, 6.07) is 10.1. The molecule has 1 aromatic rings. The largest absolute Gasteiger partial charge is 0.358 e. The van der Waals surface area contributed by atoms with Crippen LogP contribution in [-0.4, -0.2) is 31.4 Å². The first-order chi connectivity index (χ1) is 6.72. The van der Waals surface area contributed by atoms with Gasteiger partial charge < -0.3 is 5.32 Å². The van der Waals surface area contributed by atoms with Crippen molar-refractivity contribution in [3.05, 3.63) is 35.9 Å². The van der Waals surface area contributed by atoms with E-state index in [9.17, 15) is 4.79 Å². The molecule has 0 aliphatic heterocycles. The van der Waals surface area contributed by atoms with E-state index in [1.165, 1.54) is 5.56 Å². The number of carbonyl (C=O) groups excluding carboxylic acids is 1. The van der Waals surface area contributed by atoms with Crippen LogP contribution in [0.2, 0.25) is 0 Å². The third kappa shape index (κ3) is 3.58. The van der Waals surface area contributed by atoms with Gasteiger partial charge in [-0.25, -0.2) is 0 Å². The van der Waals surface area contributed by atoms with E-state index < -0.39 is 0 Å². The van der Waals surface area contributed by atoms with Crippen LogP contribution in [0.5, 0.6) is 0 Å². The van der Waals surface area contributed by atoms with Crippen LogP contribution >= 0.6 is 0 Å². The van der Waals surface area contributed by atoms with Crippen molar-refractivity contribution in [1.29, 1.82) is 0 Å². The summed E-state index contributed by atoms with van der Waals surface area (Å²) in [5, 5.41) is 2.60. The monoisotopic (exact) mass is 192 g/mol. The zero-order chi connectivity index (χ0) is 10.4. The van der Waals surface area contributed by atoms with Gasteiger partial charge in [-0.1, -0.05) is 30.3 Å². The first-order valence-corrected chi connectivity index (χ1v) is 4.65. The van der Waals surface area contributed by atoms with Gasteiger partial charge in [-0.2, -0.15) is 0 Å². The molecule has 0 spiro atoms. The fourth-order valence-corrected chi connectivity index (χ4v) is 1.28. The Bertz CT molecular complexity index is 285. The topological polar surface area (TPSA) is 32.3 Å². The SMILES string of the molecule is CNC(=O)CN(C)Cc1ccccc1. The normalized spacial score (nSPS) is 10.2. The van der Waals surface area contributed by atoms with Gasteiger partial charge in [0.1, 0.15) is 0 Å². The molecule has 0 aliphatic carbocycles. The number of hydrogen-bond donors (Lipinski definition) is 1. The molecule has 0 fully saturated rings. The second-order valence-corrected chi connectivity index (χ2v) is 3.33.